The van der Waals surface area contributed by atoms with Crippen molar-refractivity contribution in [1.29, 1.82) is 0 Å². The number of para-hydroxylation sites is 1. The van der Waals surface area contributed by atoms with E-state index < -0.39 is 0 Å². The first-order valence-electron chi connectivity index (χ1n) is 8.46. The number of carbonyl (C=O) groups excluding carboxylic acids is 1. The third kappa shape index (κ3) is 4.16. The van der Waals surface area contributed by atoms with Crippen LogP contribution in [0, 0.1) is 12.8 Å². The van der Waals surface area contributed by atoms with Crippen molar-refractivity contribution in [2.24, 2.45) is 5.92 Å². The smallest absolute Gasteiger partial charge is 0.228 e. The Kier molecular flexibility index (Phi) is 5.54. The second-order valence-electron chi connectivity index (χ2n) is 6.47. The molecule has 0 bridgehead atoms. The highest BCUT2D eigenvalue weighted by atomic mass is 35.5. The summed E-state index contributed by atoms with van der Waals surface area (Å²) in [6.45, 7) is 4.89. The van der Waals surface area contributed by atoms with Crippen LogP contribution in [0.15, 0.2) is 48.5 Å². The molecule has 0 spiro atoms. The molecule has 3 nitrogen and oxygen atoms in total. The highest BCUT2D eigenvalue weighted by molar-refractivity contribution is 6.33. The maximum atomic E-state index is 12.6. The summed E-state index contributed by atoms with van der Waals surface area (Å²) in [5.74, 6) is 0.0802. The predicted octanol–water partition coefficient (Wildman–Crippen LogP) is 4.50. The maximum absolute atomic E-state index is 12.6. The lowest BCUT2D eigenvalue weighted by Gasteiger charge is -2.32. The standard InChI is InChI=1S/C20H23ClN2O/c1-15-7-2-3-8-16(15)13-23-12-6-9-17(14-23)20(24)22-19-11-5-4-10-18(19)21/h2-5,7-8,10-11,17H,6,9,12-14H2,1H3,(H,22,24). The fourth-order valence-corrected chi connectivity index (χ4v) is 3.42. The maximum Gasteiger partial charge on any atom is 0.228 e. The number of aryl methyl sites for hydroxylation is 1. The Bertz CT molecular complexity index is 716. The molecule has 3 rings (SSSR count). The zero-order valence-corrected chi connectivity index (χ0v) is 14.7. The summed E-state index contributed by atoms with van der Waals surface area (Å²) in [6.07, 6.45) is 1.98. The van der Waals surface area contributed by atoms with Gasteiger partial charge in [-0.1, -0.05) is 48.0 Å². The molecule has 1 unspecified atom stereocenters. The SMILES string of the molecule is Cc1ccccc1CN1CCCC(C(=O)Nc2ccccc2Cl)C1. The van der Waals surface area contributed by atoms with E-state index in [1.165, 1.54) is 11.1 Å². The van der Waals surface area contributed by atoms with Gasteiger partial charge < -0.3 is 5.32 Å². The van der Waals surface area contributed by atoms with Gasteiger partial charge in [0.05, 0.1) is 16.6 Å². The Hall–Kier alpha value is -1.84. The van der Waals surface area contributed by atoms with Crippen LogP contribution in [0.4, 0.5) is 5.69 Å². The average molecular weight is 343 g/mol. The Morgan fingerprint density at radius 2 is 1.96 bits per heavy atom. The van der Waals surface area contributed by atoms with Crippen LogP contribution in [0.1, 0.15) is 24.0 Å². The highest BCUT2D eigenvalue weighted by Crippen LogP contribution is 2.24. The fraction of sp³-hybridized carbons (Fsp3) is 0.350. The Morgan fingerprint density at radius 3 is 2.75 bits per heavy atom. The van der Waals surface area contributed by atoms with Crippen molar-refractivity contribution in [2.45, 2.75) is 26.3 Å². The molecule has 1 N–H and O–H groups in total. The number of amides is 1. The van der Waals surface area contributed by atoms with Gasteiger partial charge in [0.15, 0.2) is 0 Å². The number of halogens is 1. The number of nitrogens with zero attached hydrogens (tertiary/aromatic N) is 1. The van der Waals surface area contributed by atoms with Crippen LogP contribution in [-0.2, 0) is 11.3 Å². The molecule has 1 heterocycles. The van der Waals surface area contributed by atoms with Gasteiger partial charge in [-0.15, -0.1) is 0 Å². The quantitative estimate of drug-likeness (QED) is 0.887. The zero-order chi connectivity index (χ0) is 16.9. The zero-order valence-electron chi connectivity index (χ0n) is 14.0. The topological polar surface area (TPSA) is 32.3 Å². The lowest BCUT2D eigenvalue weighted by Crippen LogP contribution is -2.40. The van der Waals surface area contributed by atoms with E-state index in [4.69, 9.17) is 11.6 Å². The number of hydrogen-bond acceptors (Lipinski definition) is 2. The highest BCUT2D eigenvalue weighted by Gasteiger charge is 2.26. The van der Waals surface area contributed by atoms with Gasteiger partial charge in [-0.3, -0.25) is 9.69 Å². The summed E-state index contributed by atoms with van der Waals surface area (Å²) in [5, 5.41) is 3.56. The first-order chi connectivity index (χ1) is 11.6. The second-order valence-corrected chi connectivity index (χ2v) is 6.88. The summed E-state index contributed by atoms with van der Waals surface area (Å²) in [4.78, 5) is 15.0. The van der Waals surface area contributed by atoms with Gasteiger partial charge in [0.1, 0.15) is 0 Å². The molecular weight excluding hydrogens is 320 g/mol. The van der Waals surface area contributed by atoms with Gasteiger partial charge in [0, 0.05) is 13.1 Å². The third-order valence-electron chi connectivity index (χ3n) is 4.66. The second kappa shape index (κ2) is 7.82. The van der Waals surface area contributed by atoms with Crippen LogP contribution in [0.2, 0.25) is 5.02 Å². The molecule has 1 aliphatic heterocycles. The summed E-state index contributed by atoms with van der Waals surface area (Å²) < 4.78 is 0. The van der Waals surface area contributed by atoms with Crippen LogP contribution in [0.25, 0.3) is 0 Å². The van der Waals surface area contributed by atoms with E-state index in [1.54, 1.807) is 6.07 Å². The number of anilines is 1. The van der Waals surface area contributed by atoms with E-state index >= 15 is 0 Å². The van der Waals surface area contributed by atoms with Gasteiger partial charge in [-0.2, -0.15) is 0 Å². The molecule has 0 saturated carbocycles. The molecule has 1 saturated heterocycles. The molecule has 2 aromatic rings. The fourth-order valence-electron chi connectivity index (χ4n) is 3.24. The predicted molar refractivity (Wildman–Crippen MR) is 99.3 cm³/mol. The monoisotopic (exact) mass is 342 g/mol. The Balaban J connectivity index is 1.62. The van der Waals surface area contributed by atoms with Crippen LogP contribution < -0.4 is 5.32 Å². The van der Waals surface area contributed by atoms with Crippen LogP contribution in [0.3, 0.4) is 0 Å². The Morgan fingerprint density at radius 1 is 1.21 bits per heavy atom. The van der Waals surface area contributed by atoms with E-state index in [9.17, 15) is 4.79 Å². The molecule has 1 aliphatic rings. The van der Waals surface area contributed by atoms with Crippen LogP contribution in [0.5, 0.6) is 0 Å². The molecule has 4 heteroatoms. The Labute approximate surface area is 148 Å². The third-order valence-corrected chi connectivity index (χ3v) is 4.99. The van der Waals surface area contributed by atoms with Crippen molar-refractivity contribution in [3.05, 3.63) is 64.7 Å². The van der Waals surface area contributed by atoms with Crippen molar-refractivity contribution in [3.8, 4) is 0 Å². The van der Waals surface area contributed by atoms with Gasteiger partial charge in [-0.25, -0.2) is 0 Å². The summed E-state index contributed by atoms with van der Waals surface area (Å²) in [5.41, 5.74) is 3.34. The van der Waals surface area contributed by atoms with Crippen molar-refractivity contribution in [1.82, 2.24) is 4.90 Å². The number of piperidine rings is 1. The molecule has 24 heavy (non-hydrogen) atoms. The van der Waals surface area contributed by atoms with E-state index in [1.807, 2.05) is 18.2 Å². The lowest BCUT2D eigenvalue weighted by atomic mass is 9.96. The van der Waals surface area contributed by atoms with E-state index in [0.29, 0.717) is 10.7 Å². The normalized spacial score (nSPS) is 18.3. The van der Waals surface area contributed by atoms with Crippen molar-refractivity contribution in [2.75, 3.05) is 18.4 Å². The van der Waals surface area contributed by atoms with Gasteiger partial charge in [0.25, 0.3) is 0 Å². The first-order valence-corrected chi connectivity index (χ1v) is 8.83. The molecule has 126 valence electrons. The first kappa shape index (κ1) is 17.0. The molecule has 1 amide bonds. The molecule has 0 aliphatic carbocycles. The molecule has 1 fully saturated rings. The van der Waals surface area contributed by atoms with E-state index in [2.05, 4.69) is 41.4 Å². The van der Waals surface area contributed by atoms with Crippen LogP contribution >= 0.6 is 11.6 Å². The minimum atomic E-state index is 0.0130. The number of rotatable bonds is 4. The average Bonchev–Trinajstić information content (AvgIpc) is 2.59. The number of likely N-dealkylation sites (tertiary alicyclic amines) is 1. The van der Waals surface area contributed by atoms with Gasteiger partial charge >= 0.3 is 0 Å². The minimum Gasteiger partial charge on any atom is -0.324 e. The number of nitrogens with one attached hydrogen (secondary N) is 1. The van der Waals surface area contributed by atoms with Gasteiger partial charge in [-0.05, 0) is 49.6 Å². The molecule has 0 radical (unpaired) electrons. The van der Waals surface area contributed by atoms with Crippen molar-refractivity contribution in [3.63, 3.8) is 0 Å². The minimum absolute atomic E-state index is 0.0130. The molecule has 2 aromatic carbocycles. The van der Waals surface area contributed by atoms with Crippen molar-refractivity contribution >= 4 is 23.2 Å². The summed E-state index contributed by atoms with van der Waals surface area (Å²) >= 11 is 6.14. The molecule has 1 atom stereocenters. The van der Waals surface area contributed by atoms with E-state index in [0.717, 1.165) is 32.5 Å². The molecular formula is C20H23ClN2O. The largest absolute Gasteiger partial charge is 0.324 e. The van der Waals surface area contributed by atoms with Crippen molar-refractivity contribution < 1.29 is 4.79 Å². The van der Waals surface area contributed by atoms with E-state index in [-0.39, 0.29) is 11.8 Å². The summed E-state index contributed by atoms with van der Waals surface area (Å²) in [7, 11) is 0. The summed E-state index contributed by atoms with van der Waals surface area (Å²) in [6, 6.07) is 15.8. The number of carbonyl (C=O) groups is 1. The number of benzene rings is 2. The van der Waals surface area contributed by atoms with Gasteiger partial charge in [0.2, 0.25) is 5.91 Å². The number of hydrogen-bond donors (Lipinski definition) is 1. The van der Waals surface area contributed by atoms with Crippen LogP contribution in [-0.4, -0.2) is 23.9 Å². The molecule has 0 aromatic heterocycles. The lowest BCUT2D eigenvalue weighted by molar-refractivity contribution is -0.121.